The quantitative estimate of drug-likeness (QED) is 0.710. The molecule has 152 valence electrons. The van der Waals surface area contributed by atoms with Crippen LogP contribution in [0.1, 0.15) is 36.9 Å². The van der Waals surface area contributed by atoms with Gasteiger partial charge in [0.25, 0.3) is 0 Å². The van der Waals surface area contributed by atoms with Gasteiger partial charge in [-0.15, -0.1) is 12.4 Å². The molecule has 0 amide bonds. The molecule has 1 aromatic carbocycles. The van der Waals surface area contributed by atoms with Crippen molar-refractivity contribution in [3.05, 3.63) is 41.5 Å². The molecule has 2 aliphatic rings. The number of anilines is 1. The molecule has 0 radical (unpaired) electrons. The molecule has 2 aliphatic heterocycles. The van der Waals surface area contributed by atoms with Crippen molar-refractivity contribution in [3.63, 3.8) is 0 Å². The van der Waals surface area contributed by atoms with Crippen LogP contribution in [0.15, 0.2) is 24.4 Å². The number of hydrogen-bond donors (Lipinski definition) is 2. The summed E-state index contributed by atoms with van der Waals surface area (Å²) in [5, 5.41) is 6.91. The van der Waals surface area contributed by atoms with Crippen LogP contribution in [0.25, 0.3) is 11.1 Å². The van der Waals surface area contributed by atoms with Crippen molar-refractivity contribution in [2.45, 2.75) is 56.9 Å². The molecule has 1 aromatic heterocycles. The SMILES string of the molecule is Cc1nc(NC2C[C@H]3CC[C@@H](C2)N3)ncc1-c1ccc(C(F)(F)F)cc1F.Cl. The molecule has 9 heteroatoms. The Morgan fingerprint density at radius 3 is 2.36 bits per heavy atom. The van der Waals surface area contributed by atoms with Gasteiger partial charge in [-0.25, -0.2) is 14.4 Å². The molecule has 4 rings (SSSR count). The van der Waals surface area contributed by atoms with E-state index >= 15 is 0 Å². The Balaban J connectivity index is 0.00000225. The standard InChI is InChI=1S/C19H20F4N4.ClH/c1-10-16(15-5-2-11(6-17(15)20)19(21,22)23)9-24-18(25-10)27-14-7-12-3-4-13(8-14)26-12;/h2,5-6,9,12-14,26H,3-4,7-8H2,1H3,(H,24,25,27);1H/t12-,13+,14?;. The average Bonchev–Trinajstić information content (AvgIpc) is 2.93. The summed E-state index contributed by atoms with van der Waals surface area (Å²) in [6.07, 6.45) is 1.28. The van der Waals surface area contributed by atoms with Gasteiger partial charge in [0.05, 0.1) is 11.3 Å². The molecule has 2 fully saturated rings. The van der Waals surface area contributed by atoms with Crippen molar-refractivity contribution in [1.29, 1.82) is 0 Å². The second-order valence-electron chi connectivity index (χ2n) is 7.34. The highest BCUT2D eigenvalue weighted by molar-refractivity contribution is 5.85. The zero-order valence-electron chi connectivity index (χ0n) is 15.2. The van der Waals surface area contributed by atoms with Gasteiger partial charge in [-0.2, -0.15) is 13.2 Å². The van der Waals surface area contributed by atoms with Gasteiger partial charge >= 0.3 is 6.18 Å². The van der Waals surface area contributed by atoms with Crippen molar-refractivity contribution < 1.29 is 17.6 Å². The number of benzene rings is 1. The molecular formula is C19H21ClF4N4. The predicted octanol–water partition coefficient (Wildman–Crippen LogP) is 4.73. The van der Waals surface area contributed by atoms with Gasteiger partial charge in [0.1, 0.15) is 5.82 Å². The molecule has 0 saturated carbocycles. The average molecular weight is 417 g/mol. The number of aromatic nitrogens is 2. The minimum Gasteiger partial charge on any atom is -0.351 e. The maximum Gasteiger partial charge on any atom is 0.416 e. The number of halogens is 5. The lowest BCUT2D eigenvalue weighted by molar-refractivity contribution is -0.137. The summed E-state index contributed by atoms with van der Waals surface area (Å²) >= 11 is 0. The molecule has 2 aromatic rings. The fraction of sp³-hybridized carbons (Fsp3) is 0.474. The monoisotopic (exact) mass is 416 g/mol. The van der Waals surface area contributed by atoms with Crippen LogP contribution < -0.4 is 10.6 Å². The van der Waals surface area contributed by atoms with E-state index in [1.807, 2.05) is 0 Å². The highest BCUT2D eigenvalue weighted by Crippen LogP contribution is 2.34. The second-order valence-corrected chi connectivity index (χ2v) is 7.34. The predicted molar refractivity (Wildman–Crippen MR) is 101 cm³/mol. The Morgan fingerprint density at radius 2 is 1.79 bits per heavy atom. The van der Waals surface area contributed by atoms with Crippen LogP contribution in [0.3, 0.4) is 0 Å². The molecule has 28 heavy (non-hydrogen) atoms. The molecule has 0 aliphatic carbocycles. The molecule has 2 N–H and O–H groups in total. The normalized spacial score (nSPS) is 24.0. The van der Waals surface area contributed by atoms with E-state index in [0.717, 1.165) is 25.0 Å². The lowest BCUT2D eigenvalue weighted by atomic mass is 10.00. The van der Waals surface area contributed by atoms with Gasteiger partial charge in [0, 0.05) is 35.4 Å². The summed E-state index contributed by atoms with van der Waals surface area (Å²) in [5.74, 6) is -0.470. The largest absolute Gasteiger partial charge is 0.416 e. The number of aryl methyl sites for hydroxylation is 1. The van der Waals surface area contributed by atoms with Crippen molar-refractivity contribution in [3.8, 4) is 11.1 Å². The van der Waals surface area contributed by atoms with Crippen molar-refractivity contribution >= 4 is 18.4 Å². The topological polar surface area (TPSA) is 49.8 Å². The molecule has 2 bridgehead atoms. The summed E-state index contributed by atoms with van der Waals surface area (Å²) in [6.45, 7) is 1.70. The molecular weight excluding hydrogens is 396 g/mol. The maximum atomic E-state index is 14.2. The third-order valence-electron chi connectivity index (χ3n) is 5.37. The third kappa shape index (κ3) is 4.22. The Morgan fingerprint density at radius 1 is 1.11 bits per heavy atom. The molecule has 0 spiro atoms. The third-order valence-corrected chi connectivity index (χ3v) is 5.37. The first-order valence-electron chi connectivity index (χ1n) is 9.03. The minimum absolute atomic E-state index is 0. The fourth-order valence-corrected chi connectivity index (χ4v) is 4.07. The Labute approximate surface area is 166 Å². The first-order chi connectivity index (χ1) is 12.8. The number of rotatable bonds is 3. The number of alkyl halides is 3. The van der Waals surface area contributed by atoms with Crippen LogP contribution in [0.2, 0.25) is 0 Å². The number of fused-ring (bicyclic) bond motifs is 2. The summed E-state index contributed by atoms with van der Waals surface area (Å²) in [5.41, 5.74) is -0.0478. The van der Waals surface area contributed by atoms with E-state index in [9.17, 15) is 17.6 Å². The molecule has 1 unspecified atom stereocenters. The summed E-state index contributed by atoms with van der Waals surface area (Å²) in [6, 6.07) is 3.85. The summed E-state index contributed by atoms with van der Waals surface area (Å²) in [7, 11) is 0. The highest BCUT2D eigenvalue weighted by Gasteiger charge is 2.34. The van der Waals surface area contributed by atoms with Gasteiger partial charge in [0.15, 0.2) is 0 Å². The zero-order valence-corrected chi connectivity index (χ0v) is 16.0. The second kappa shape index (κ2) is 7.83. The van der Waals surface area contributed by atoms with E-state index in [-0.39, 0.29) is 24.0 Å². The molecule has 3 atom stereocenters. The smallest absolute Gasteiger partial charge is 0.351 e. The van der Waals surface area contributed by atoms with Crippen LogP contribution in [-0.2, 0) is 6.18 Å². The van der Waals surface area contributed by atoms with Crippen molar-refractivity contribution in [2.75, 3.05) is 5.32 Å². The van der Waals surface area contributed by atoms with Crippen LogP contribution in [0.4, 0.5) is 23.5 Å². The van der Waals surface area contributed by atoms with E-state index in [4.69, 9.17) is 0 Å². The Bertz CT molecular complexity index is 846. The molecule has 3 heterocycles. The fourth-order valence-electron chi connectivity index (χ4n) is 4.07. The lowest BCUT2D eigenvalue weighted by Crippen LogP contribution is -2.43. The van der Waals surface area contributed by atoms with Crippen LogP contribution in [0, 0.1) is 12.7 Å². The van der Waals surface area contributed by atoms with Gasteiger partial charge in [-0.3, -0.25) is 0 Å². The van der Waals surface area contributed by atoms with Crippen LogP contribution >= 0.6 is 12.4 Å². The van der Waals surface area contributed by atoms with Gasteiger partial charge < -0.3 is 10.6 Å². The van der Waals surface area contributed by atoms with E-state index < -0.39 is 17.6 Å². The minimum atomic E-state index is -4.58. The Kier molecular flexibility index (Phi) is 5.82. The zero-order chi connectivity index (χ0) is 19.2. The van der Waals surface area contributed by atoms with Gasteiger partial charge in [-0.1, -0.05) is 6.07 Å². The van der Waals surface area contributed by atoms with Crippen molar-refractivity contribution in [2.24, 2.45) is 0 Å². The first-order valence-corrected chi connectivity index (χ1v) is 9.03. The number of nitrogens with one attached hydrogen (secondary N) is 2. The lowest BCUT2D eigenvalue weighted by Gasteiger charge is -2.29. The van der Waals surface area contributed by atoms with Gasteiger partial charge in [0.2, 0.25) is 5.95 Å². The highest BCUT2D eigenvalue weighted by atomic mass is 35.5. The number of hydrogen-bond acceptors (Lipinski definition) is 4. The molecule has 4 nitrogen and oxygen atoms in total. The van der Waals surface area contributed by atoms with E-state index in [0.29, 0.717) is 35.4 Å². The molecule has 2 saturated heterocycles. The summed E-state index contributed by atoms with van der Waals surface area (Å²) < 4.78 is 52.4. The van der Waals surface area contributed by atoms with Crippen LogP contribution in [0.5, 0.6) is 0 Å². The number of nitrogens with zero attached hydrogens (tertiary/aromatic N) is 2. The first kappa shape index (κ1) is 20.8. The van der Waals surface area contributed by atoms with Crippen molar-refractivity contribution in [1.82, 2.24) is 15.3 Å². The maximum absolute atomic E-state index is 14.2. The number of piperidine rings is 1. The van der Waals surface area contributed by atoms with E-state index in [1.165, 1.54) is 19.0 Å². The Hall–Kier alpha value is -1.93. The summed E-state index contributed by atoms with van der Waals surface area (Å²) in [4.78, 5) is 8.66. The van der Waals surface area contributed by atoms with E-state index in [1.54, 1.807) is 6.92 Å². The van der Waals surface area contributed by atoms with E-state index in [2.05, 4.69) is 20.6 Å². The van der Waals surface area contributed by atoms with Crippen LogP contribution in [-0.4, -0.2) is 28.1 Å². The van der Waals surface area contributed by atoms with Gasteiger partial charge in [-0.05, 0) is 44.7 Å².